The monoisotopic (exact) mass is 335 g/mol. The van der Waals surface area contributed by atoms with Gasteiger partial charge in [0, 0.05) is 29.4 Å². The van der Waals surface area contributed by atoms with Crippen molar-refractivity contribution in [3.8, 4) is 5.69 Å². The molecule has 0 amide bonds. The first-order chi connectivity index (χ1) is 10.8. The van der Waals surface area contributed by atoms with Crippen LogP contribution in [0.1, 0.15) is 23.9 Å². The van der Waals surface area contributed by atoms with E-state index in [2.05, 4.69) is 5.10 Å². The first-order valence-electron chi connectivity index (χ1n) is 7.52. The molecule has 1 aromatic carbocycles. The number of carboxylic acid groups (broad SMARTS) is 1. The second kappa shape index (κ2) is 7.15. The van der Waals surface area contributed by atoms with Crippen LogP contribution in [0.3, 0.4) is 0 Å². The molecule has 0 aliphatic carbocycles. The molecule has 1 aromatic heterocycles. The van der Waals surface area contributed by atoms with E-state index in [0.717, 1.165) is 22.6 Å². The van der Waals surface area contributed by atoms with Crippen molar-refractivity contribution in [2.45, 2.75) is 27.3 Å². The van der Waals surface area contributed by atoms with Gasteiger partial charge in [0.1, 0.15) is 0 Å². The number of aryl methyl sites for hydroxylation is 1. The normalized spacial score (nSPS) is 12.6. The van der Waals surface area contributed by atoms with Crippen molar-refractivity contribution in [2.75, 3.05) is 13.6 Å². The van der Waals surface area contributed by atoms with E-state index in [1.165, 1.54) is 0 Å². The van der Waals surface area contributed by atoms with Crippen molar-refractivity contribution >= 4 is 17.6 Å². The number of benzene rings is 1. The Morgan fingerprint density at radius 2 is 1.96 bits per heavy atom. The standard InChI is InChI=1S/C17H22ClN3O2/c1-11(17(22)23)9-20(4)10-16-12(2)19-21(13(16)3)15-7-5-14(18)6-8-15/h5-8,11H,9-10H2,1-4H3,(H,22,23). The molecule has 1 N–H and O–H groups in total. The summed E-state index contributed by atoms with van der Waals surface area (Å²) in [5, 5.41) is 14.3. The molecule has 1 heterocycles. The lowest BCUT2D eigenvalue weighted by Gasteiger charge is -2.19. The Morgan fingerprint density at radius 1 is 1.35 bits per heavy atom. The summed E-state index contributed by atoms with van der Waals surface area (Å²) in [4.78, 5) is 13.0. The highest BCUT2D eigenvalue weighted by atomic mass is 35.5. The molecular weight excluding hydrogens is 314 g/mol. The molecule has 0 saturated carbocycles. The molecule has 124 valence electrons. The number of aliphatic carboxylic acids is 1. The Morgan fingerprint density at radius 3 is 2.52 bits per heavy atom. The fourth-order valence-corrected chi connectivity index (χ4v) is 2.74. The smallest absolute Gasteiger partial charge is 0.307 e. The van der Waals surface area contributed by atoms with E-state index in [4.69, 9.17) is 16.7 Å². The third-order valence-electron chi connectivity index (χ3n) is 3.95. The van der Waals surface area contributed by atoms with Crippen LogP contribution in [0.15, 0.2) is 24.3 Å². The average molecular weight is 336 g/mol. The zero-order valence-corrected chi connectivity index (χ0v) is 14.6. The van der Waals surface area contributed by atoms with Crippen LogP contribution in [0, 0.1) is 19.8 Å². The first kappa shape index (κ1) is 17.5. The molecule has 0 spiro atoms. The first-order valence-corrected chi connectivity index (χ1v) is 7.89. The summed E-state index contributed by atoms with van der Waals surface area (Å²) in [7, 11) is 1.93. The van der Waals surface area contributed by atoms with Crippen LogP contribution in [0.2, 0.25) is 5.02 Å². The summed E-state index contributed by atoms with van der Waals surface area (Å²) >= 11 is 5.93. The largest absolute Gasteiger partial charge is 0.481 e. The van der Waals surface area contributed by atoms with Gasteiger partial charge in [-0.15, -0.1) is 0 Å². The lowest BCUT2D eigenvalue weighted by Crippen LogP contribution is -2.28. The van der Waals surface area contributed by atoms with Gasteiger partial charge in [0.2, 0.25) is 0 Å². The lowest BCUT2D eigenvalue weighted by molar-refractivity contribution is -0.141. The number of halogens is 1. The topological polar surface area (TPSA) is 58.4 Å². The molecule has 5 nitrogen and oxygen atoms in total. The van der Waals surface area contributed by atoms with Gasteiger partial charge >= 0.3 is 5.97 Å². The lowest BCUT2D eigenvalue weighted by atomic mass is 10.1. The molecule has 1 unspecified atom stereocenters. The molecule has 0 aliphatic heterocycles. The van der Waals surface area contributed by atoms with Crippen LogP contribution in [-0.2, 0) is 11.3 Å². The number of nitrogens with zero attached hydrogens (tertiary/aromatic N) is 3. The molecule has 0 saturated heterocycles. The summed E-state index contributed by atoms with van der Waals surface area (Å²) in [6.07, 6.45) is 0. The van der Waals surface area contributed by atoms with E-state index in [1.54, 1.807) is 6.92 Å². The minimum Gasteiger partial charge on any atom is -0.481 e. The predicted octanol–water partition coefficient (Wildman–Crippen LogP) is 3.30. The van der Waals surface area contributed by atoms with Crippen molar-refractivity contribution in [1.29, 1.82) is 0 Å². The highest BCUT2D eigenvalue weighted by molar-refractivity contribution is 6.30. The highest BCUT2D eigenvalue weighted by Crippen LogP contribution is 2.21. The molecule has 0 radical (unpaired) electrons. The Kier molecular flexibility index (Phi) is 5.44. The van der Waals surface area contributed by atoms with Crippen LogP contribution in [0.5, 0.6) is 0 Å². The second-order valence-corrected chi connectivity index (χ2v) is 6.41. The van der Waals surface area contributed by atoms with E-state index in [0.29, 0.717) is 18.1 Å². The maximum atomic E-state index is 11.0. The number of rotatable bonds is 6. The maximum absolute atomic E-state index is 11.0. The van der Waals surface area contributed by atoms with Crippen molar-refractivity contribution < 1.29 is 9.90 Å². The molecule has 23 heavy (non-hydrogen) atoms. The Labute approximate surface area is 141 Å². The van der Waals surface area contributed by atoms with Crippen molar-refractivity contribution in [1.82, 2.24) is 14.7 Å². The Bertz CT molecular complexity index is 695. The molecule has 2 aromatic rings. The summed E-state index contributed by atoms with van der Waals surface area (Å²) in [5.74, 6) is -1.17. The SMILES string of the molecule is Cc1nn(-c2ccc(Cl)cc2)c(C)c1CN(C)CC(C)C(=O)O. The van der Waals surface area contributed by atoms with Crippen LogP contribution in [0.25, 0.3) is 5.69 Å². The average Bonchev–Trinajstić information content (AvgIpc) is 2.76. The molecule has 0 fully saturated rings. The Balaban J connectivity index is 2.21. The van der Waals surface area contributed by atoms with Gasteiger partial charge in [-0.25, -0.2) is 4.68 Å². The zero-order valence-electron chi connectivity index (χ0n) is 13.9. The van der Waals surface area contributed by atoms with Gasteiger partial charge in [0.25, 0.3) is 0 Å². The van der Waals surface area contributed by atoms with E-state index in [1.807, 2.05) is 54.7 Å². The second-order valence-electron chi connectivity index (χ2n) is 5.97. The van der Waals surface area contributed by atoms with Crippen LogP contribution >= 0.6 is 11.6 Å². The summed E-state index contributed by atoms with van der Waals surface area (Å²) in [6.45, 7) is 6.89. The number of carboxylic acids is 1. The quantitative estimate of drug-likeness (QED) is 0.880. The third-order valence-corrected chi connectivity index (χ3v) is 4.20. The van der Waals surface area contributed by atoms with Gasteiger partial charge in [-0.1, -0.05) is 18.5 Å². The van der Waals surface area contributed by atoms with E-state index in [9.17, 15) is 4.79 Å². The number of hydrogen-bond donors (Lipinski definition) is 1. The van der Waals surface area contributed by atoms with Crippen LogP contribution < -0.4 is 0 Å². The number of carbonyl (C=O) groups is 1. The Hall–Kier alpha value is -1.85. The molecule has 0 aliphatic rings. The van der Waals surface area contributed by atoms with Gasteiger partial charge in [0.15, 0.2) is 0 Å². The minimum atomic E-state index is -0.776. The van der Waals surface area contributed by atoms with Gasteiger partial charge in [-0.3, -0.25) is 4.79 Å². The maximum Gasteiger partial charge on any atom is 0.307 e. The fraction of sp³-hybridized carbons (Fsp3) is 0.412. The van der Waals surface area contributed by atoms with Gasteiger partial charge < -0.3 is 10.0 Å². The van der Waals surface area contributed by atoms with Gasteiger partial charge in [0.05, 0.1) is 17.3 Å². The van der Waals surface area contributed by atoms with Crippen LogP contribution in [0.4, 0.5) is 0 Å². The highest BCUT2D eigenvalue weighted by Gasteiger charge is 2.18. The van der Waals surface area contributed by atoms with E-state index in [-0.39, 0.29) is 0 Å². The fourth-order valence-electron chi connectivity index (χ4n) is 2.62. The molecule has 1 atom stereocenters. The minimum absolute atomic E-state index is 0.396. The van der Waals surface area contributed by atoms with E-state index < -0.39 is 11.9 Å². The third kappa shape index (κ3) is 4.12. The summed E-state index contributed by atoms with van der Waals surface area (Å²) < 4.78 is 1.90. The molecule has 6 heteroatoms. The summed E-state index contributed by atoms with van der Waals surface area (Å²) in [5.41, 5.74) is 4.09. The number of aromatic nitrogens is 2. The zero-order chi connectivity index (χ0) is 17.1. The molecule has 2 rings (SSSR count). The van der Waals surface area contributed by atoms with Gasteiger partial charge in [-0.2, -0.15) is 5.10 Å². The van der Waals surface area contributed by atoms with Crippen molar-refractivity contribution in [3.05, 3.63) is 46.2 Å². The van der Waals surface area contributed by atoms with E-state index >= 15 is 0 Å². The van der Waals surface area contributed by atoms with Crippen molar-refractivity contribution in [3.63, 3.8) is 0 Å². The van der Waals surface area contributed by atoms with Crippen molar-refractivity contribution in [2.24, 2.45) is 5.92 Å². The number of hydrogen-bond acceptors (Lipinski definition) is 3. The molecular formula is C17H22ClN3O2. The molecule has 0 bridgehead atoms. The van der Waals surface area contributed by atoms with Crippen LogP contribution in [-0.4, -0.2) is 39.3 Å². The van der Waals surface area contributed by atoms with Gasteiger partial charge in [-0.05, 0) is 45.2 Å². The predicted molar refractivity (Wildman–Crippen MR) is 91.2 cm³/mol. The summed E-state index contributed by atoms with van der Waals surface area (Å²) in [6, 6.07) is 7.55.